The maximum atomic E-state index is 9.95. The SMILES string of the molecule is O[C@@H]1CO[C@H]2[C@@H]1OC[C@H]2Oc1nc2cc(-c3ccc(-c4ccc(-n5cncn5)cc4)cc3)c(Cl)cc2[nH]1. The summed E-state index contributed by atoms with van der Waals surface area (Å²) in [7, 11) is 0. The third-order valence-corrected chi connectivity index (χ3v) is 7.19. The van der Waals surface area contributed by atoms with Gasteiger partial charge in [0.05, 0.1) is 35.0 Å². The topological polar surface area (TPSA) is 107 Å². The highest BCUT2D eigenvalue weighted by atomic mass is 35.5. The second-order valence-electron chi connectivity index (χ2n) is 9.17. The molecular formula is C27H22ClN5O4. The van der Waals surface area contributed by atoms with Crippen LogP contribution in [0.5, 0.6) is 6.01 Å². The Labute approximate surface area is 216 Å². The third kappa shape index (κ3) is 4.06. The predicted molar refractivity (Wildman–Crippen MR) is 137 cm³/mol. The van der Waals surface area contributed by atoms with Crippen molar-refractivity contribution in [3.63, 3.8) is 0 Å². The van der Waals surface area contributed by atoms with Gasteiger partial charge in [0.15, 0.2) is 6.10 Å². The molecule has 7 rings (SSSR count). The van der Waals surface area contributed by atoms with Crippen molar-refractivity contribution < 1.29 is 19.3 Å². The van der Waals surface area contributed by atoms with Crippen molar-refractivity contribution in [1.29, 1.82) is 0 Å². The predicted octanol–water partition coefficient (Wildman–Crippen LogP) is 4.04. The lowest BCUT2D eigenvalue weighted by molar-refractivity contribution is 0.00706. The van der Waals surface area contributed by atoms with E-state index in [2.05, 4.69) is 56.4 Å². The number of imidazole rings is 1. The molecule has 2 fully saturated rings. The van der Waals surface area contributed by atoms with Crippen LogP contribution in [0.15, 0.2) is 73.3 Å². The first-order chi connectivity index (χ1) is 18.1. The highest BCUT2D eigenvalue weighted by Crippen LogP contribution is 2.35. The van der Waals surface area contributed by atoms with Gasteiger partial charge in [0.2, 0.25) is 0 Å². The Hall–Kier alpha value is -3.76. The summed E-state index contributed by atoms with van der Waals surface area (Å²) in [5.74, 6) is 0. The average Bonchev–Trinajstić information content (AvgIpc) is 3.71. The molecule has 5 aromatic rings. The van der Waals surface area contributed by atoms with Gasteiger partial charge in [-0.05, 0) is 41.0 Å². The number of hydrogen-bond acceptors (Lipinski definition) is 7. The van der Waals surface area contributed by atoms with E-state index in [1.54, 1.807) is 11.0 Å². The zero-order valence-electron chi connectivity index (χ0n) is 19.5. The maximum Gasteiger partial charge on any atom is 0.295 e. The Balaban J connectivity index is 1.11. The minimum absolute atomic E-state index is 0.251. The summed E-state index contributed by atoms with van der Waals surface area (Å²) in [6.07, 6.45) is 1.57. The van der Waals surface area contributed by atoms with E-state index in [1.165, 1.54) is 6.33 Å². The summed E-state index contributed by atoms with van der Waals surface area (Å²) in [6, 6.07) is 20.6. The van der Waals surface area contributed by atoms with Crippen LogP contribution in [-0.4, -0.2) is 67.5 Å². The van der Waals surface area contributed by atoms with Crippen LogP contribution < -0.4 is 4.74 Å². The molecule has 0 saturated carbocycles. The van der Waals surface area contributed by atoms with Crippen LogP contribution in [0, 0.1) is 0 Å². The molecule has 0 spiro atoms. The fourth-order valence-corrected chi connectivity index (χ4v) is 5.24. The first kappa shape index (κ1) is 22.4. The van der Waals surface area contributed by atoms with E-state index in [0.717, 1.165) is 39.0 Å². The quantitative estimate of drug-likeness (QED) is 0.364. The van der Waals surface area contributed by atoms with Crippen LogP contribution >= 0.6 is 11.6 Å². The van der Waals surface area contributed by atoms with Gasteiger partial charge in [-0.1, -0.05) is 48.0 Å². The summed E-state index contributed by atoms with van der Waals surface area (Å²) in [5.41, 5.74) is 6.53. The van der Waals surface area contributed by atoms with Gasteiger partial charge in [-0.3, -0.25) is 0 Å². The number of H-pyrrole nitrogens is 1. The van der Waals surface area contributed by atoms with Crippen molar-refractivity contribution in [3.05, 3.63) is 78.3 Å². The molecule has 2 saturated heterocycles. The Morgan fingerprint density at radius 3 is 2.43 bits per heavy atom. The highest BCUT2D eigenvalue weighted by Gasteiger charge is 2.48. The largest absolute Gasteiger partial charge is 0.456 e. The summed E-state index contributed by atoms with van der Waals surface area (Å²) in [6.45, 7) is 0.590. The summed E-state index contributed by atoms with van der Waals surface area (Å²) < 4.78 is 19.0. The van der Waals surface area contributed by atoms with Crippen molar-refractivity contribution in [3.8, 4) is 34.0 Å². The molecule has 2 aliphatic rings. The van der Waals surface area contributed by atoms with E-state index >= 15 is 0 Å². The fraction of sp³-hybridized carbons (Fsp3) is 0.222. The van der Waals surface area contributed by atoms with E-state index in [0.29, 0.717) is 17.6 Å². The first-order valence-corrected chi connectivity index (χ1v) is 12.3. The van der Waals surface area contributed by atoms with Gasteiger partial charge in [-0.2, -0.15) is 10.1 Å². The Bertz CT molecular complexity index is 1550. The Morgan fingerprint density at radius 2 is 1.68 bits per heavy atom. The maximum absolute atomic E-state index is 9.95. The lowest BCUT2D eigenvalue weighted by Gasteiger charge is -2.15. The van der Waals surface area contributed by atoms with Crippen LogP contribution in [0.3, 0.4) is 0 Å². The number of ether oxygens (including phenoxy) is 3. The number of benzene rings is 3. The normalized spacial score (nSPS) is 23.0. The van der Waals surface area contributed by atoms with Gasteiger partial charge < -0.3 is 24.3 Å². The van der Waals surface area contributed by atoms with Crippen LogP contribution in [0.4, 0.5) is 0 Å². The number of aromatic nitrogens is 5. The molecule has 4 atom stereocenters. The molecule has 10 heteroatoms. The fourth-order valence-electron chi connectivity index (χ4n) is 4.96. The van der Waals surface area contributed by atoms with Crippen molar-refractivity contribution in [2.75, 3.05) is 13.2 Å². The van der Waals surface area contributed by atoms with Gasteiger partial charge in [0, 0.05) is 5.56 Å². The zero-order valence-corrected chi connectivity index (χ0v) is 20.2. The smallest absolute Gasteiger partial charge is 0.295 e. The molecule has 2 aromatic heterocycles. The number of aliphatic hydroxyl groups is 1. The minimum atomic E-state index is -0.624. The lowest BCUT2D eigenvalue weighted by atomic mass is 10.00. The van der Waals surface area contributed by atoms with E-state index < -0.39 is 6.10 Å². The van der Waals surface area contributed by atoms with Crippen molar-refractivity contribution in [1.82, 2.24) is 24.7 Å². The van der Waals surface area contributed by atoms with Crippen LogP contribution in [0.1, 0.15) is 0 Å². The molecule has 186 valence electrons. The second-order valence-corrected chi connectivity index (χ2v) is 9.58. The molecule has 2 N–H and O–H groups in total. The summed E-state index contributed by atoms with van der Waals surface area (Å²) in [4.78, 5) is 11.8. The number of nitrogens with one attached hydrogen (secondary N) is 1. The van der Waals surface area contributed by atoms with Crippen molar-refractivity contribution in [2.24, 2.45) is 0 Å². The van der Waals surface area contributed by atoms with Gasteiger partial charge >= 0.3 is 0 Å². The minimum Gasteiger partial charge on any atom is -0.456 e. The Kier molecular flexibility index (Phi) is 5.44. The first-order valence-electron chi connectivity index (χ1n) is 12.0. The molecule has 3 aromatic carbocycles. The van der Waals surface area contributed by atoms with Crippen molar-refractivity contribution >= 4 is 22.6 Å². The van der Waals surface area contributed by atoms with E-state index in [4.69, 9.17) is 25.8 Å². The number of aliphatic hydroxyl groups excluding tert-OH is 1. The van der Waals surface area contributed by atoms with Crippen LogP contribution in [0.25, 0.3) is 39.0 Å². The number of halogens is 1. The summed E-state index contributed by atoms with van der Waals surface area (Å²) >= 11 is 6.66. The molecular weight excluding hydrogens is 494 g/mol. The lowest BCUT2D eigenvalue weighted by Crippen LogP contribution is -2.34. The third-order valence-electron chi connectivity index (χ3n) is 6.87. The van der Waals surface area contributed by atoms with E-state index in [9.17, 15) is 5.11 Å². The molecule has 0 bridgehead atoms. The number of aromatic amines is 1. The van der Waals surface area contributed by atoms with Crippen LogP contribution in [0.2, 0.25) is 5.02 Å². The van der Waals surface area contributed by atoms with Gasteiger partial charge in [0.25, 0.3) is 6.01 Å². The number of nitrogens with zero attached hydrogens (tertiary/aromatic N) is 4. The number of fused-ring (bicyclic) bond motifs is 2. The molecule has 0 radical (unpaired) electrons. The Morgan fingerprint density at radius 1 is 0.946 bits per heavy atom. The molecule has 0 unspecified atom stereocenters. The van der Waals surface area contributed by atoms with E-state index in [1.807, 2.05) is 24.3 Å². The average molecular weight is 516 g/mol. The zero-order chi connectivity index (χ0) is 24.9. The second kappa shape index (κ2) is 8.97. The van der Waals surface area contributed by atoms with E-state index in [-0.39, 0.29) is 24.9 Å². The van der Waals surface area contributed by atoms with Gasteiger partial charge in [0.1, 0.15) is 31.0 Å². The standard InChI is InChI=1S/C27H22ClN5O4/c28-20-10-22-21(31-27(32-22)37-24-12-36-25-23(34)11-35-26(24)25)9-19(20)17-3-1-15(2-4-17)16-5-7-18(8-6-16)33-14-29-13-30-33/h1-10,13-14,23-26,34H,11-12H2,(H,31,32)/t23-,24-,25-,26-/m1/s1. The molecule has 0 aliphatic carbocycles. The highest BCUT2D eigenvalue weighted by molar-refractivity contribution is 6.34. The summed E-state index contributed by atoms with van der Waals surface area (Å²) in [5, 5.41) is 14.7. The number of hydrogen-bond donors (Lipinski definition) is 2. The molecule has 4 heterocycles. The number of rotatable bonds is 5. The van der Waals surface area contributed by atoms with Gasteiger partial charge in [-0.25, -0.2) is 9.67 Å². The van der Waals surface area contributed by atoms with Crippen LogP contribution in [-0.2, 0) is 9.47 Å². The molecule has 0 amide bonds. The molecule has 2 aliphatic heterocycles. The monoisotopic (exact) mass is 515 g/mol. The van der Waals surface area contributed by atoms with Crippen molar-refractivity contribution in [2.45, 2.75) is 24.4 Å². The molecule has 9 nitrogen and oxygen atoms in total. The van der Waals surface area contributed by atoms with Gasteiger partial charge in [-0.15, -0.1) is 0 Å². The molecule has 37 heavy (non-hydrogen) atoms.